The molecule has 0 aromatic heterocycles. The molecule has 0 fully saturated rings. The Labute approximate surface area is 98.2 Å². The lowest BCUT2D eigenvalue weighted by Gasteiger charge is -2.24. The molecular weight excluding hydrogens is 196 g/mol. The average molecular weight is 218 g/mol. The van der Waals surface area contributed by atoms with Gasteiger partial charge < -0.3 is 11.1 Å². The number of hydrogen-bond acceptors (Lipinski definition) is 2. The lowest BCUT2D eigenvalue weighted by molar-refractivity contribution is 0.405. The van der Waals surface area contributed by atoms with Crippen molar-refractivity contribution in [3.63, 3.8) is 0 Å². The van der Waals surface area contributed by atoms with Gasteiger partial charge in [-0.15, -0.1) is 0 Å². The number of hydrogen-bond donors (Lipinski definition) is 2. The first-order chi connectivity index (χ1) is 7.47. The van der Waals surface area contributed by atoms with E-state index < -0.39 is 0 Å². The van der Waals surface area contributed by atoms with E-state index in [2.05, 4.69) is 38.2 Å². The van der Waals surface area contributed by atoms with Gasteiger partial charge >= 0.3 is 0 Å². The second kappa shape index (κ2) is 4.10. The fourth-order valence-corrected chi connectivity index (χ4v) is 2.46. The number of anilines is 1. The molecule has 0 heterocycles. The van der Waals surface area contributed by atoms with Crippen LogP contribution >= 0.6 is 0 Å². The van der Waals surface area contributed by atoms with E-state index in [0.717, 1.165) is 12.2 Å². The minimum Gasteiger partial charge on any atom is -0.398 e. The highest BCUT2D eigenvalue weighted by molar-refractivity contribution is 5.55. The largest absolute Gasteiger partial charge is 0.398 e. The summed E-state index contributed by atoms with van der Waals surface area (Å²) in [6.07, 6.45) is 2.41. The summed E-state index contributed by atoms with van der Waals surface area (Å²) in [5.74, 6) is 0.593. The Hall–Kier alpha value is -1.02. The van der Waals surface area contributed by atoms with Gasteiger partial charge in [-0.2, -0.15) is 0 Å². The van der Waals surface area contributed by atoms with Crippen LogP contribution in [0, 0.1) is 0 Å². The van der Waals surface area contributed by atoms with Gasteiger partial charge in [0.05, 0.1) is 0 Å². The zero-order valence-electron chi connectivity index (χ0n) is 10.5. The van der Waals surface area contributed by atoms with Crippen molar-refractivity contribution in [2.75, 3.05) is 12.3 Å². The average Bonchev–Trinajstić information content (AvgIpc) is 2.58. The second-order valence-electron chi connectivity index (χ2n) is 5.79. The normalized spacial score (nSPS) is 19.8. The van der Waals surface area contributed by atoms with Crippen molar-refractivity contribution in [3.8, 4) is 0 Å². The van der Waals surface area contributed by atoms with Crippen molar-refractivity contribution in [3.05, 3.63) is 29.3 Å². The maximum absolute atomic E-state index is 6.07. The third kappa shape index (κ3) is 2.38. The highest BCUT2D eigenvalue weighted by atomic mass is 14.9. The fraction of sp³-hybridized carbons (Fsp3) is 0.571. The van der Waals surface area contributed by atoms with Crippen LogP contribution in [0.1, 0.15) is 44.2 Å². The molecule has 1 unspecified atom stereocenters. The van der Waals surface area contributed by atoms with Crippen LogP contribution in [-0.2, 0) is 6.42 Å². The zero-order valence-corrected chi connectivity index (χ0v) is 10.5. The van der Waals surface area contributed by atoms with Crippen molar-refractivity contribution >= 4 is 5.69 Å². The molecule has 1 aromatic carbocycles. The van der Waals surface area contributed by atoms with E-state index in [1.165, 1.54) is 24.0 Å². The summed E-state index contributed by atoms with van der Waals surface area (Å²) in [5.41, 5.74) is 10.1. The van der Waals surface area contributed by atoms with Gasteiger partial charge in [0.15, 0.2) is 0 Å². The standard InChI is InChI=1S/C14H22N2/c1-14(2,3)16-9-11-8-7-10-5-4-6-12(15)13(10)11/h4-6,11,16H,7-9,15H2,1-3H3. The SMILES string of the molecule is CC(C)(C)NCC1CCc2cccc(N)c21. The van der Waals surface area contributed by atoms with E-state index in [4.69, 9.17) is 5.73 Å². The second-order valence-corrected chi connectivity index (χ2v) is 5.79. The maximum atomic E-state index is 6.07. The molecule has 0 bridgehead atoms. The molecule has 16 heavy (non-hydrogen) atoms. The Bertz CT molecular complexity index is 377. The van der Waals surface area contributed by atoms with Gasteiger partial charge in [-0.25, -0.2) is 0 Å². The van der Waals surface area contributed by atoms with Crippen LogP contribution in [-0.4, -0.2) is 12.1 Å². The summed E-state index contributed by atoms with van der Waals surface area (Å²) in [6.45, 7) is 7.65. The van der Waals surface area contributed by atoms with Crippen LogP contribution in [0.4, 0.5) is 5.69 Å². The molecule has 0 amide bonds. The van der Waals surface area contributed by atoms with Gasteiger partial charge in [0, 0.05) is 17.8 Å². The molecule has 0 saturated carbocycles. The van der Waals surface area contributed by atoms with E-state index in [9.17, 15) is 0 Å². The summed E-state index contributed by atoms with van der Waals surface area (Å²) in [6, 6.07) is 6.30. The number of nitrogens with two attached hydrogens (primary N) is 1. The summed E-state index contributed by atoms with van der Waals surface area (Å²) in [5, 5.41) is 3.58. The van der Waals surface area contributed by atoms with Crippen LogP contribution in [0.25, 0.3) is 0 Å². The Balaban J connectivity index is 2.12. The van der Waals surface area contributed by atoms with Crippen molar-refractivity contribution < 1.29 is 0 Å². The fourth-order valence-electron chi connectivity index (χ4n) is 2.46. The van der Waals surface area contributed by atoms with Crippen molar-refractivity contribution in [2.45, 2.75) is 45.1 Å². The van der Waals surface area contributed by atoms with E-state index >= 15 is 0 Å². The number of rotatable bonds is 2. The minimum absolute atomic E-state index is 0.187. The van der Waals surface area contributed by atoms with Crippen LogP contribution in [0.15, 0.2) is 18.2 Å². The molecule has 1 aliphatic carbocycles. The zero-order chi connectivity index (χ0) is 11.8. The van der Waals surface area contributed by atoms with Gasteiger partial charge in [0.2, 0.25) is 0 Å². The quantitative estimate of drug-likeness (QED) is 0.749. The summed E-state index contributed by atoms with van der Waals surface area (Å²) < 4.78 is 0. The van der Waals surface area contributed by atoms with Crippen LogP contribution in [0.3, 0.4) is 0 Å². The molecular formula is C14H22N2. The Morgan fingerprint density at radius 2 is 2.12 bits per heavy atom. The lowest BCUT2D eigenvalue weighted by Crippen LogP contribution is -2.38. The Morgan fingerprint density at radius 1 is 1.38 bits per heavy atom. The van der Waals surface area contributed by atoms with Crippen molar-refractivity contribution in [1.29, 1.82) is 0 Å². The highest BCUT2D eigenvalue weighted by Crippen LogP contribution is 2.36. The van der Waals surface area contributed by atoms with Gasteiger partial charge in [0.25, 0.3) is 0 Å². The Morgan fingerprint density at radius 3 is 2.81 bits per heavy atom. The molecule has 2 heteroatoms. The summed E-state index contributed by atoms with van der Waals surface area (Å²) in [7, 11) is 0. The van der Waals surface area contributed by atoms with Crippen LogP contribution < -0.4 is 11.1 Å². The van der Waals surface area contributed by atoms with Crippen LogP contribution in [0.2, 0.25) is 0 Å². The number of nitrogen functional groups attached to an aromatic ring is 1. The smallest absolute Gasteiger partial charge is 0.0352 e. The number of fused-ring (bicyclic) bond motifs is 1. The van der Waals surface area contributed by atoms with E-state index in [-0.39, 0.29) is 5.54 Å². The summed E-state index contributed by atoms with van der Waals surface area (Å²) >= 11 is 0. The number of nitrogens with one attached hydrogen (secondary N) is 1. The van der Waals surface area contributed by atoms with Gasteiger partial charge in [-0.1, -0.05) is 12.1 Å². The molecule has 1 aliphatic rings. The number of aryl methyl sites for hydroxylation is 1. The first-order valence-corrected chi connectivity index (χ1v) is 6.09. The van der Waals surface area contributed by atoms with E-state index in [0.29, 0.717) is 5.92 Å². The molecule has 0 radical (unpaired) electrons. The molecule has 1 atom stereocenters. The summed E-state index contributed by atoms with van der Waals surface area (Å²) in [4.78, 5) is 0. The first-order valence-electron chi connectivity index (χ1n) is 6.09. The molecule has 3 N–H and O–H groups in total. The van der Waals surface area contributed by atoms with Crippen molar-refractivity contribution in [2.24, 2.45) is 0 Å². The molecule has 2 rings (SSSR count). The predicted octanol–water partition coefficient (Wildman–Crippen LogP) is 2.69. The first kappa shape index (κ1) is 11.5. The van der Waals surface area contributed by atoms with E-state index in [1.54, 1.807) is 0 Å². The van der Waals surface area contributed by atoms with Crippen molar-refractivity contribution in [1.82, 2.24) is 5.32 Å². The topological polar surface area (TPSA) is 38.0 Å². The maximum Gasteiger partial charge on any atom is 0.0352 e. The highest BCUT2D eigenvalue weighted by Gasteiger charge is 2.25. The minimum atomic E-state index is 0.187. The van der Waals surface area contributed by atoms with Gasteiger partial charge in [0.1, 0.15) is 0 Å². The monoisotopic (exact) mass is 218 g/mol. The molecule has 88 valence electrons. The third-order valence-electron chi connectivity index (χ3n) is 3.28. The molecule has 0 aliphatic heterocycles. The molecule has 0 spiro atoms. The molecule has 1 aromatic rings. The van der Waals surface area contributed by atoms with Gasteiger partial charge in [-0.05, 0) is 56.7 Å². The molecule has 0 saturated heterocycles. The Kier molecular flexibility index (Phi) is 2.94. The van der Waals surface area contributed by atoms with Crippen LogP contribution in [0.5, 0.6) is 0 Å². The number of benzene rings is 1. The molecule has 2 nitrogen and oxygen atoms in total. The van der Waals surface area contributed by atoms with Gasteiger partial charge in [-0.3, -0.25) is 0 Å². The lowest BCUT2D eigenvalue weighted by atomic mass is 9.98. The predicted molar refractivity (Wildman–Crippen MR) is 69.7 cm³/mol. The van der Waals surface area contributed by atoms with E-state index in [1.807, 2.05) is 6.07 Å². The third-order valence-corrected chi connectivity index (χ3v) is 3.28.